The summed E-state index contributed by atoms with van der Waals surface area (Å²) in [5, 5.41) is 6.38. The predicted octanol–water partition coefficient (Wildman–Crippen LogP) is 3.10. The third kappa shape index (κ3) is 5.18. The summed E-state index contributed by atoms with van der Waals surface area (Å²) in [6.45, 7) is 7.49. The molecule has 1 N–H and O–H groups in total. The smallest absolute Gasteiger partial charge is 0.0795 e. The Kier molecular flexibility index (Phi) is 6.28. The van der Waals surface area contributed by atoms with Crippen LogP contribution in [0.15, 0.2) is 35.2 Å². The zero-order valence-electron chi connectivity index (χ0n) is 13.2. The van der Waals surface area contributed by atoms with Crippen LogP contribution < -0.4 is 10.2 Å². The van der Waals surface area contributed by atoms with Crippen molar-refractivity contribution in [2.45, 2.75) is 13.0 Å². The van der Waals surface area contributed by atoms with Gasteiger partial charge in [-0.1, -0.05) is 17.7 Å². The lowest BCUT2D eigenvalue weighted by Gasteiger charge is -2.36. The number of hydrogen-bond acceptors (Lipinski definition) is 5. The van der Waals surface area contributed by atoms with E-state index in [0.717, 1.165) is 56.5 Å². The molecule has 2 aromatic rings. The van der Waals surface area contributed by atoms with Crippen LogP contribution in [0.1, 0.15) is 12.1 Å². The summed E-state index contributed by atoms with van der Waals surface area (Å²) in [6, 6.07) is 8.15. The van der Waals surface area contributed by atoms with Gasteiger partial charge in [-0.3, -0.25) is 4.90 Å². The van der Waals surface area contributed by atoms with Crippen LogP contribution in [0.2, 0.25) is 5.02 Å². The number of anilines is 1. The standard InChI is InChI=1S/C17H23ClN4S/c18-15-3-1-4-17(11-15)22-9-7-21(8-10-22)6-2-5-19-12-16-13-23-14-20-16/h1,3-4,11,13-14,19H,2,5-10,12H2. The minimum atomic E-state index is 0.816. The SMILES string of the molecule is Clc1cccc(N2CCN(CCCNCc3cscn3)CC2)c1. The second kappa shape index (κ2) is 8.64. The first-order chi connectivity index (χ1) is 11.3. The van der Waals surface area contributed by atoms with Gasteiger partial charge in [-0.25, -0.2) is 4.98 Å². The van der Waals surface area contributed by atoms with Crippen molar-refractivity contribution in [2.24, 2.45) is 0 Å². The maximum atomic E-state index is 6.08. The first kappa shape index (κ1) is 16.7. The Morgan fingerprint density at radius 1 is 1.22 bits per heavy atom. The highest BCUT2D eigenvalue weighted by Gasteiger charge is 2.16. The first-order valence-electron chi connectivity index (χ1n) is 8.12. The molecule has 1 aliphatic heterocycles. The van der Waals surface area contributed by atoms with Gasteiger partial charge in [-0.15, -0.1) is 11.3 Å². The Morgan fingerprint density at radius 2 is 2.09 bits per heavy atom. The van der Waals surface area contributed by atoms with Gasteiger partial charge in [0.05, 0.1) is 11.2 Å². The molecular weight excluding hydrogens is 328 g/mol. The molecule has 0 amide bonds. The maximum absolute atomic E-state index is 6.08. The molecule has 0 atom stereocenters. The highest BCUT2D eigenvalue weighted by atomic mass is 35.5. The van der Waals surface area contributed by atoms with Crippen LogP contribution in [-0.2, 0) is 6.54 Å². The van der Waals surface area contributed by atoms with Gasteiger partial charge in [0.15, 0.2) is 0 Å². The topological polar surface area (TPSA) is 31.4 Å². The lowest BCUT2D eigenvalue weighted by atomic mass is 10.2. The normalized spacial score (nSPS) is 16.0. The third-order valence-electron chi connectivity index (χ3n) is 4.16. The molecule has 1 aromatic heterocycles. The molecule has 2 heterocycles. The van der Waals surface area contributed by atoms with Gasteiger partial charge in [-0.05, 0) is 37.7 Å². The highest BCUT2D eigenvalue weighted by molar-refractivity contribution is 7.07. The molecule has 0 aliphatic carbocycles. The highest BCUT2D eigenvalue weighted by Crippen LogP contribution is 2.20. The van der Waals surface area contributed by atoms with Gasteiger partial charge in [0, 0.05) is 48.8 Å². The molecule has 1 aliphatic rings. The second-order valence-electron chi connectivity index (χ2n) is 5.82. The second-order valence-corrected chi connectivity index (χ2v) is 6.97. The molecule has 0 saturated carbocycles. The van der Waals surface area contributed by atoms with E-state index in [9.17, 15) is 0 Å². The van der Waals surface area contributed by atoms with E-state index in [1.807, 2.05) is 17.6 Å². The van der Waals surface area contributed by atoms with Crippen LogP contribution in [0.3, 0.4) is 0 Å². The van der Waals surface area contributed by atoms with Crippen molar-refractivity contribution in [2.75, 3.05) is 44.2 Å². The number of rotatable bonds is 7. The molecule has 124 valence electrons. The number of nitrogens with zero attached hydrogens (tertiary/aromatic N) is 3. The Morgan fingerprint density at radius 3 is 2.83 bits per heavy atom. The zero-order valence-corrected chi connectivity index (χ0v) is 14.8. The first-order valence-corrected chi connectivity index (χ1v) is 9.44. The van der Waals surface area contributed by atoms with Gasteiger partial charge >= 0.3 is 0 Å². The van der Waals surface area contributed by atoms with Crippen molar-refractivity contribution in [1.82, 2.24) is 15.2 Å². The number of halogens is 1. The van der Waals surface area contributed by atoms with Crippen LogP contribution in [0, 0.1) is 0 Å². The molecule has 1 aromatic carbocycles. The Balaban J connectivity index is 1.31. The van der Waals surface area contributed by atoms with E-state index >= 15 is 0 Å². The summed E-state index contributed by atoms with van der Waals surface area (Å²) in [5.41, 5.74) is 4.27. The average Bonchev–Trinajstić information content (AvgIpc) is 3.08. The van der Waals surface area contributed by atoms with E-state index in [2.05, 4.69) is 37.6 Å². The van der Waals surface area contributed by atoms with Crippen molar-refractivity contribution in [3.63, 3.8) is 0 Å². The monoisotopic (exact) mass is 350 g/mol. The molecular formula is C17H23ClN4S. The van der Waals surface area contributed by atoms with Crippen molar-refractivity contribution in [1.29, 1.82) is 0 Å². The van der Waals surface area contributed by atoms with E-state index in [1.54, 1.807) is 11.3 Å². The van der Waals surface area contributed by atoms with E-state index in [-0.39, 0.29) is 0 Å². The van der Waals surface area contributed by atoms with Gasteiger partial charge in [0.1, 0.15) is 0 Å². The van der Waals surface area contributed by atoms with Gasteiger partial charge in [-0.2, -0.15) is 0 Å². The third-order valence-corrected chi connectivity index (χ3v) is 5.03. The molecule has 0 spiro atoms. The van der Waals surface area contributed by atoms with Crippen LogP contribution in [-0.4, -0.2) is 49.2 Å². The Bertz CT molecular complexity index is 582. The summed E-state index contributed by atoms with van der Waals surface area (Å²) in [5.74, 6) is 0. The summed E-state index contributed by atoms with van der Waals surface area (Å²) in [7, 11) is 0. The molecule has 1 fully saturated rings. The van der Waals surface area contributed by atoms with Crippen molar-refractivity contribution >= 4 is 28.6 Å². The van der Waals surface area contributed by atoms with E-state index in [4.69, 9.17) is 11.6 Å². The molecule has 3 rings (SSSR count). The van der Waals surface area contributed by atoms with Crippen LogP contribution in [0.5, 0.6) is 0 Å². The summed E-state index contributed by atoms with van der Waals surface area (Å²) in [6.07, 6.45) is 1.18. The van der Waals surface area contributed by atoms with Gasteiger partial charge in [0.25, 0.3) is 0 Å². The molecule has 4 nitrogen and oxygen atoms in total. The molecule has 6 heteroatoms. The maximum Gasteiger partial charge on any atom is 0.0795 e. The molecule has 1 saturated heterocycles. The minimum Gasteiger partial charge on any atom is -0.369 e. The quantitative estimate of drug-likeness (QED) is 0.777. The average molecular weight is 351 g/mol. The minimum absolute atomic E-state index is 0.816. The van der Waals surface area contributed by atoms with Crippen molar-refractivity contribution < 1.29 is 0 Å². The fraction of sp³-hybridized carbons (Fsp3) is 0.471. The van der Waals surface area contributed by atoms with E-state index in [1.165, 1.54) is 12.1 Å². The molecule has 0 radical (unpaired) electrons. The predicted molar refractivity (Wildman–Crippen MR) is 98.5 cm³/mol. The summed E-state index contributed by atoms with van der Waals surface area (Å²) >= 11 is 7.73. The van der Waals surface area contributed by atoms with Crippen molar-refractivity contribution in [3.05, 3.63) is 45.9 Å². The van der Waals surface area contributed by atoms with Gasteiger partial charge < -0.3 is 10.2 Å². The number of benzene rings is 1. The molecule has 23 heavy (non-hydrogen) atoms. The fourth-order valence-corrected chi connectivity index (χ4v) is 3.61. The van der Waals surface area contributed by atoms with Crippen LogP contribution in [0.4, 0.5) is 5.69 Å². The Labute approximate surface area is 147 Å². The molecule has 0 bridgehead atoms. The lowest BCUT2D eigenvalue weighted by Crippen LogP contribution is -2.47. The summed E-state index contributed by atoms with van der Waals surface area (Å²) < 4.78 is 0. The van der Waals surface area contributed by atoms with E-state index in [0.29, 0.717) is 0 Å². The van der Waals surface area contributed by atoms with Crippen molar-refractivity contribution in [3.8, 4) is 0 Å². The number of nitrogens with one attached hydrogen (secondary N) is 1. The zero-order chi connectivity index (χ0) is 15.9. The van der Waals surface area contributed by atoms with Crippen LogP contribution in [0.25, 0.3) is 0 Å². The summed E-state index contributed by atoms with van der Waals surface area (Å²) in [4.78, 5) is 9.24. The Hall–Kier alpha value is -1.14. The fourth-order valence-electron chi connectivity index (χ4n) is 2.87. The number of piperazine rings is 1. The van der Waals surface area contributed by atoms with Crippen LogP contribution >= 0.6 is 22.9 Å². The largest absolute Gasteiger partial charge is 0.369 e. The molecule has 0 unspecified atom stereocenters. The van der Waals surface area contributed by atoms with Gasteiger partial charge in [0.2, 0.25) is 0 Å². The number of thiazole rings is 1. The number of aromatic nitrogens is 1. The van der Waals surface area contributed by atoms with E-state index < -0.39 is 0 Å². The lowest BCUT2D eigenvalue weighted by molar-refractivity contribution is 0.254. The number of hydrogen-bond donors (Lipinski definition) is 1.